The van der Waals surface area contributed by atoms with Crippen LogP contribution in [0.3, 0.4) is 0 Å². The number of carbonyl (C=O) groups is 1. The summed E-state index contributed by atoms with van der Waals surface area (Å²) < 4.78 is 5.32. The summed E-state index contributed by atoms with van der Waals surface area (Å²) in [7, 11) is 0. The molecule has 86 valence electrons. The molecular formula is C10H18N2O2S. The minimum absolute atomic E-state index is 0.161. The smallest absolute Gasteiger partial charge is 0.232 e. The van der Waals surface area contributed by atoms with E-state index in [1.54, 1.807) is 0 Å². The SMILES string of the molecule is O=C(CS)N1CCC(N2CCOCC2)C1. The van der Waals surface area contributed by atoms with E-state index in [9.17, 15) is 4.79 Å². The Morgan fingerprint density at radius 2 is 2.07 bits per heavy atom. The lowest BCUT2D eigenvalue weighted by molar-refractivity contribution is -0.127. The minimum Gasteiger partial charge on any atom is -0.379 e. The van der Waals surface area contributed by atoms with Gasteiger partial charge in [-0.2, -0.15) is 12.6 Å². The predicted octanol–water partition coefficient (Wildman–Crippen LogP) is -0.151. The van der Waals surface area contributed by atoms with Gasteiger partial charge in [-0.1, -0.05) is 0 Å². The minimum atomic E-state index is 0.161. The Balaban J connectivity index is 1.83. The highest BCUT2D eigenvalue weighted by atomic mass is 32.1. The summed E-state index contributed by atoms with van der Waals surface area (Å²) >= 11 is 4.02. The molecule has 2 aliphatic heterocycles. The van der Waals surface area contributed by atoms with Gasteiger partial charge in [0.05, 0.1) is 19.0 Å². The highest BCUT2D eigenvalue weighted by molar-refractivity contribution is 7.81. The van der Waals surface area contributed by atoms with Gasteiger partial charge in [-0.15, -0.1) is 0 Å². The topological polar surface area (TPSA) is 32.8 Å². The van der Waals surface area contributed by atoms with Crippen molar-refractivity contribution in [1.82, 2.24) is 9.80 Å². The Morgan fingerprint density at radius 3 is 2.73 bits per heavy atom. The van der Waals surface area contributed by atoms with Crippen molar-refractivity contribution < 1.29 is 9.53 Å². The summed E-state index contributed by atoms with van der Waals surface area (Å²) in [6.07, 6.45) is 1.10. The van der Waals surface area contributed by atoms with Crippen LogP contribution in [0.1, 0.15) is 6.42 Å². The first-order chi connectivity index (χ1) is 7.31. The van der Waals surface area contributed by atoms with Gasteiger partial charge in [0.15, 0.2) is 0 Å². The third kappa shape index (κ3) is 2.65. The van der Waals surface area contributed by atoms with Crippen molar-refractivity contribution in [3.63, 3.8) is 0 Å². The van der Waals surface area contributed by atoms with Gasteiger partial charge < -0.3 is 9.64 Å². The van der Waals surface area contributed by atoms with Crippen LogP contribution >= 0.6 is 12.6 Å². The molecule has 4 nitrogen and oxygen atoms in total. The van der Waals surface area contributed by atoms with Crippen LogP contribution in [0.5, 0.6) is 0 Å². The van der Waals surface area contributed by atoms with E-state index >= 15 is 0 Å². The number of hydrogen-bond acceptors (Lipinski definition) is 4. The first-order valence-electron chi connectivity index (χ1n) is 5.51. The van der Waals surface area contributed by atoms with Crippen LogP contribution in [0, 0.1) is 0 Å². The van der Waals surface area contributed by atoms with Crippen LogP contribution in [0.15, 0.2) is 0 Å². The molecule has 2 saturated heterocycles. The highest BCUT2D eigenvalue weighted by Gasteiger charge is 2.30. The molecule has 0 radical (unpaired) electrons. The van der Waals surface area contributed by atoms with E-state index in [1.807, 2.05) is 4.90 Å². The summed E-state index contributed by atoms with van der Waals surface area (Å²) in [6.45, 7) is 5.44. The molecule has 15 heavy (non-hydrogen) atoms. The Hall–Kier alpha value is -0.260. The Bertz CT molecular complexity index is 231. The van der Waals surface area contributed by atoms with Crippen LogP contribution in [-0.4, -0.2) is 66.9 Å². The maximum absolute atomic E-state index is 11.4. The zero-order valence-electron chi connectivity index (χ0n) is 8.89. The largest absolute Gasteiger partial charge is 0.379 e. The van der Waals surface area contributed by atoms with Crippen molar-refractivity contribution in [2.45, 2.75) is 12.5 Å². The second-order valence-corrected chi connectivity index (χ2v) is 4.40. The molecule has 1 amide bonds. The lowest BCUT2D eigenvalue weighted by Gasteiger charge is -2.32. The molecule has 1 unspecified atom stereocenters. The summed E-state index contributed by atoms with van der Waals surface area (Å²) in [5.41, 5.74) is 0. The molecule has 0 saturated carbocycles. The summed E-state index contributed by atoms with van der Waals surface area (Å²) in [5, 5.41) is 0. The van der Waals surface area contributed by atoms with Crippen LogP contribution in [0.2, 0.25) is 0 Å². The molecular weight excluding hydrogens is 212 g/mol. The normalized spacial score (nSPS) is 28.3. The number of likely N-dealkylation sites (tertiary alicyclic amines) is 1. The first-order valence-corrected chi connectivity index (χ1v) is 6.15. The predicted molar refractivity (Wildman–Crippen MR) is 61.2 cm³/mol. The average Bonchev–Trinajstić information content (AvgIpc) is 2.78. The Kier molecular flexibility index (Phi) is 3.88. The first kappa shape index (κ1) is 11.2. The lowest BCUT2D eigenvalue weighted by Crippen LogP contribution is -2.45. The molecule has 0 aromatic heterocycles. The summed E-state index contributed by atoms with van der Waals surface area (Å²) in [4.78, 5) is 15.8. The standard InChI is InChI=1S/C10H18N2O2S/c13-10(8-15)12-2-1-9(7-12)11-3-5-14-6-4-11/h9,15H,1-8H2. The second-order valence-electron chi connectivity index (χ2n) is 4.09. The highest BCUT2D eigenvalue weighted by Crippen LogP contribution is 2.17. The molecule has 2 rings (SSSR count). The van der Waals surface area contributed by atoms with Gasteiger partial charge in [-0.25, -0.2) is 0 Å². The number of morpholine rings is 1. The maximum atomic E-state index is 11.4. The van der Waals surface area contributed by atoms with Crippen molar-refractivity contribution in [2.75, 3.05) is 45.1 Å². The van der Waals surface area contributed by atoms with Gasteiger partial charge in [0, 0.05) is 32.2 Å². The molecule has 2 aliphatic rings. The van der Waals surface area contributed by atoms with Crippen molar-refractivity contribution in [2.24, 2.45) is 0 Å². The van der Waals surface area contributed by atoms with Crippen molar-refractivity contribution in [1.29, 1.82) is 0 Å². The van der Waals surface area contributed by atoms with E-state index in [4.69, 9.17) is 4.74 Å². The van der Waals surface area contributed by atoms with Crippen molar-refractivity contribution >= 4 is 18.5 Å². The zero-order chi connectivity index (χ0) is 10.7. The third-order valence-electron chi connectivity index (χ3n) is 3.21. The number of carbonyl (C=O) groups excluding carboxylic acids is 1. The summed E-state index contributed by atoms with van der Waals surface area (Å²) in [6, 6.07) is 0.540. The monoisotopic (exact) mass is 230 g/mol. The molecule has 2 heterocycles. The van der Waals surface area contributed by atoms with Crippen LogP contribution in [-0.2, 0) is 9.53 Å². The number of amides is 1. The van der Waals surface area contributed by atoms with E-state index in [2.05, 4.69) is 17.5 Å². The van der Waals surface area contributed by atoms with Crippen molar-refractivity contribution in [3.8, 4) is 0 Å². The lowest BCUT2D eigenvalue weighted by atomic mass is 10.2. The van der Waals surface area contributed by atoms with E-state index < -0.39 is 0 Å². The van der Waals surface area contributed by atoms with E-state index in [-0.39, 0.29) is 5.91 Å². The van der Waals surface area contributed by atoms with E-state index in [0.29, 0.717) is 11.8 Å². The van der Waals surface area contributed by atoms with Gasteiger partial charge in [-0.3, -0.25) is 9.69 Å². The Morgan fingerprint density at radius 1 is 1.33 bits per heavy atom. The molecule has 0 aliphatic carbocycles. The number of thiol groups is 1. The van der Waals surface area contributed by atoms with Crippen LogP contribution in [0.4, 0.5) is 0 Å². The molecule has 0 spiro atoms. The zero-order valence-corrected chi connectivity index (χ0v) is 9.79. The van der Waals surface area contributed by atoms with E-state index in [0.717, 1.165) is 45.8 Å². The fourth-order valence-electron chi connectivity index (χ4n) is 2.31. The van der Waals surface area contributed by atoms with Gasteiger partial charge in [0.25, 0.3) is 0 Å². The quantitative estimate of drug-likeness (QED) is 0.670. The van der Waals surface area contributed by atoms with Gasteiger partial charge in [0.2, 0.25) is 5.91 Å². The number of hydrogen-bond donors (Lipinski definition) is 1. The number of rotatable bonds is 2. The molecule has 5 heteroatoms. The molecule has 1 atom stereocenters. The molecule has 2 fully saturated rings. The molecule has 0 aromatic carbocycles. The summed E-state index contributed by atoms with van der Waals surface area (Å²) in [5.74, 6) is 0.490. The molecule has 0 aromatic rings. The maximum Gasteiger partial charge on any atom is 0.232 e. The van der Waals surface area contributed by atoms with Crippen LogP contribution in [0.25, 0.3) is 0 Å². The fourth-order valence-corrected chi connectivity index (χ4v) is 2.51. The van der Waals surface area contributed by atoms with Crippen molar-refractivity contribution in [3.05, 3.63) is 0 Å². The fraction of sp³-hybridized carbons (Fsp3) is 0.900. The van der Waals surface area contributed by atoms with Gasteiger partial charge in [0.1, 0.15) is 0 Å². The van der Waals surface area contributed by atoms with Gasteiger partial charge in [-0.05, 0) is 6.42 Å². The van der Waals surface area contributed by atoms with Crippen LogP contribution < -0.4 is 0 Å². The van der Waals surface area contributed by atoms with E-state index in [1.165, 1.54) is 0 Å². The molecule has 0 N–H and O–H groups in total. The third-order valence-corrected chi connectivity index (χ3v) is 3.48. The molecule has 0 bridgehead atoms. The average molecular weight is 230 g/mol. The Labute approximate surface area is 96.0 Å². The number of nitrogens with zero attached hydrogens (tertiary/aromatic N) is 2. The number of ether oxygens (including phenoxy) is 1. The second kappa shape index (κ2) is 5.18. The van der Waals surface area contributed by atoms with Gasteiger partial charge >= 0.3 is 0 Å².